The second-order valence-electron chi connectivity index (χ2n) is 3.94. The van der Waals surface area contributed by atoms with Gasteiger partial charge in [0, 0.05) is 21.2 Å². The summed E-state index contributed by atoms with van der Waals surface area (Å²) in [7, 11) is 1.63. The molecule has 0 unspecified atom stereocenters. The highest BCUT2D eigenvalue weighted by Gasteiger charge is 2.11. The Kier molecular flexibility index (Phi) is 4.79. The molecule has 0 aliphatic heterocycles. The van der Waals surface area contributed by atoms with Gasteiger partial charge >= 0.3 is 0 Å². The molecule has 0 aliphatic carbocycles. The maximum Gasteiger partial charge on any atom is 0.255 e. The first-order valence-corrected chi connectivity index (χ1v) is 7.37. The van der Waals surface area contributed by atoms with Crippen molar-refractivity contribution in [3.8, 4) is 5.75 Å². The van der Waals surface area contributed by atoms with Crippen LogP contribution in [-0.2, 0) is 4.43 Å². The first-order valence-electron chi connectivity index (χ1n) is 5.84. The van der Waals surface area contributed by atoms with E-state index in [-0.39, 0.29) is 5.91 Å². The van der Waals surface area contributed by atoms with Crippen molar-refractivity contribution < 1.29 is 9.53 Å². The molecular formula is C15H14INO2. The third-order valence-electron chi connectivity index (χ3n) is 2.77. The zero-order valence-electron chi connectivity index (χ0n) is 10.5. The van der Waals surface area contributed by atoms with Gasteiger partial charge in [0.25, 0.3) is 5.91 Å². The summed E-state index contributed by atoms with van der Waals surface area (Å²) in [6.45, 7) is 0. The number of amides is 1. The Morgan fingerprint density at radius 2 is 1.89 bits per heavy atom. The van der Waals surface area contributed by atoms with Gasteiger partial charge in [-0.05, 0) is 24.3 Å². The molecule has 0 heterocycles. The molecule has 0 aromatic heterocycles. The largest absolute Gasteiger partial charge is 0.496 e. The van der Waals surface area contributed by atoms with Gasteiger partial charge in [0.2, 0.25) is 0 Å². The summed E-state index contributed by atoms with van der Waals surface area (Å²) in [4.78, 5) is 12.1. The second-order valence-corrected chi connectivity index (χ2v) is 4.70. The van der Waals surface area contributed by atoms with Crippen molar-refractivity contribution in [3.63, 3.8) is 0 Å². The number of hydrogen-bond acceptors (Lipinski definition) is 2. The van der Waals surface area contributed by atoms with Gasteiger partial charge in [-0.15, -0.1) is 0 Å². The van der Waals surface area contributed by atoms with Gasteiger partial charge in [-0.3, -0.25) is 4.79 Å². The number of carbonyl (C=O) groups is 1. The molecule has 0 saturated carbocycles. The third-order valence-corrected chi connectivity index (χ3v) is 3.53. The van der Waals surface area contributed by atoms with Crippen LogP contribution in [0.5, 0.6) is 5.75 Å². The van der Waals surface area contributed by atoms with Crippen LogP contribution in [0.25, 0.3) is 0 Å². The van der Waals surface area contributed by atoms with Gasteiger partial charge < -0.3 is 10.1 Å². The van der Waals surface area contributed by atoms with E-state index in [1.54, 1.807) is 19.2 Å². The van der Waals surface area contributed by atoms with Gasteiger partial charge in [0.15, 0.2) is 0 Å². The number of ether oxygens (including phenoxy) is 1. The topological polar surface area (TPSA) is 38.3 Å². The van der Waals surface area contributed by atoms with Crippen LogP contribution in [0.1, 0.15) is 15.9 Å². The molecule has 0 atom stereocenters. The van der Waals surface area contributed by atoms with Crippen LogP contribution in [0.4, 0.5) is 5.69 Å². The van der Waals surface area contributed by atoms with Gasteiger partial charge in [-0.25, -0.2) is 0 Å². The van der Waals surface area contributed by atoms with Crippen LogP contribution >= 0.6 is 22.6 Å². The summed E-state index contributed by atoms with van der Waals surface area (Å²) >= 11 is 2.26. The van der Waals surface area contributed by atoms with Crippen LogP contribution in [0.3, 0.4) is 0 Å². The number of halogens is 1. The number of anilines is 1. The Morgan fingerprint density at radius 1 is 1.16 bits per heavy atom. The molecule has 1 amide bonds. The lowest BCUT2D eigenvalue weighted by Crippen LogP contribution is -2.13. The van der Waals surface area contributed by atoms with E-state index in [9.17, 15) is 4.79 Å². The van der Waals surface area contributed by atoms with Gasteiger partial charge in [0.1, 0.15) is 5.75 Å². The molecule has 0 fully saturated rings. The number of hydrogen-bond donors (Lipinski definition) is 1. The molecule has 98 valence electrons. The van der Waals surface area contributed by atoms with Gasteiger partial charge in [0.05, 0.1) is 7.11 Å². The Hall–Kier alpha value is -1.56. The van der Waals surface area contributed by atoms with Crippen LogP contribution in [0, 0.1) is 0 Å². The summed E-state index contributed by atoms with van der Waals surface area (Å²) in [5.41, 5.74) is 2.43. The standard InChI is InChI=1S/C15H14INO2/c1-19-14-9-5-8-13(12(14)10-16)17-15(18)11-6-3-2-4-7-11/h2-9H,10H2,1H3,(H,17,18). The van der Waals surface area contributed by atoms with Crippen molar-refractivity contribution in [3.05, 3.63) is 59.7 Å². The molecule has 2 aromatic rings. The Bertz CT molecular complexity index is 570. The lowest BCUT2D eigenvalue weighted by molar-refractivity contribution is 0.102. The smallest absolute Gasteiger partial charge is 0.255 e. The van der Waals surface area contributed by atoms with Crippen LogP contribution in [0.2, 0.25) is 0 Å². The molecule has 0 aliphatic rings. The molecule has 3 nitrogen and oxygen atoms in total. The van der Waals surface area contributed by atoms with E-state index in [0.29, 0.717) is 5.56 Å². The maximum absolute atomic E-state index is 12.1. The first kappa shape index (κ1) is 13.9. The fourth-order valence-corrected chi connectivity index (χ4v) is 2.58. The Morgan fingerprint density at radius 3 is 2.53 bits per heavy atom. The van der Waals surface area contributed by atoms with Crippen molar-refractivity contribution in [1.29, 1.82) is 0 Å². The molecular weight excluding hydrogens is 353 g/mol. The minimum atomic E-state index is -0.111. The molecule has 0 spiro atoms. The fraction of sp³-hybridized carbons (Fsp3) is 0.133. The molecule has 19 heavy (non-hydrogen) atoms. The SMILES string of the molecule is COc1cccc(NC(=O)c2ccccc2)c1CI. The lowest BCUT2D eigenvalue weighted by Gasteiger charge is -2.13. The molecule has 0 saturated heterocycles. The zero-order valence-corrected chi connectivity index (χ0v) is 12.7. The predicted molar refractivity (Wildman–Crippen MR) is 85.1 cm³/mol. The average Bonchev–Trinajstić information content (AvgIpc) is 2.47. The summed E-state index contributed by atoms with van der Waals surface area (Å²) in [5.74, 6) is 0.681. The minimum Gasteiger partial charge on any atom is -0.496 e. The highest BCUT2D eigenvalue weighted by molar-refractivity contribution is 14.1. The third kappa shape index (κ3) is 3.26. The summed E-state index contributed by atoms with van der Waals surface area (Å²) < 4.78 is 6.08. The normalized spacial score (nSPS) is 10.0. The molecule has 2 aromatic carbocycles. The number of alkyl halides is 1. The molecule has 1 N–H and O–H groups in total. The summed E-state index contributed by atoms with van der Waals surface area (Å²) in [5, 5.41) is 2.93. The van der Waals surface area contributed by atoms with E-state index >= 15 is 0 Å². The molecule has 0 radical (unpaired) electrons. The second kappa shape index (κ2) is 6.56. The van der Waals surface area contributed by atoms with Gasteiger partial charge in [-0.1, -0.05) is 46.9 Å². The van der Waals surface area contributed by atoms with Crippen LogP contribution < -0.4 is 10.1 Å². The highest BCUT2D eigenvalue weighted by Crippen LogP contribution is 2.29. The quantitative estimate of drug-likeness (QED) is 0.658. The number of rotatable bonds is 4. The van der Waals surface area contributed by atoms with E-state index in [1.165, 1.54) is 0 Å². The van der Waals surface area contributed by atoms with Crippen LogP contribution in [-0.4, -0.2) is 13.0 Å². The number of methoxy groups -OCH3 is 1. The number of nitrogens with one attached hydrogen (secondary N) is 1. The first-order chi connectivity index (χ1) is 9.26. The van der Waals surface area contributed by atoms with E-state index in [0.717, 1.165) is 21.4 Å². The van der Waals surface area contributed by atoms with Crippen molar-refractivity contribution in [2.45, 2.75) is 4.43 Å². The maximum atomic E-state index is 12.1. The van der Waals surface area contributed by atoms with E-state index in [2.05, 4.69) is 27.9 Å². The predicted octanol–water partition coefficient (Wildman–Crippen LogP) is 3.88. The highest BCUT2D eigenvalue weighted by atomic mass is 127. The Balaban J connectivity index is 2.26. The monoisotopic (exact) mass is 367 g/mol. The average molecular weight is 367 g/mol. The van der Waals surface area contributed by atoms with Gasteiger partial charge in [-0.2, -0.15) is 0 Å². The number of benzene rings is 2. The Labute approximate surface area is 126 Å². The summed E-state index contributed by atoms with van der Waals surface area (Å²) in [6.07, 6.45) is 0. The van der Waals surface area contributed by atoms with Crippen molar-refractivity contribution >= 4 is 34.2 Å². The van der Waals surface area contributed by atoms with E-state index < -0.39 is 0 Å². The molecule has 4 heteroatoms. The van der Waals surface area contributed by atoms with Crippen molar-refractivity contribution in [1.82, 2.24) is 0 Å². The van der Waals surface area contributed by atoms with E-state index in [1.807, 2.05) is 36.4 Å². The molecule has 0 bridgehead atoms. The lowest BCUT2D eigenvalue weighted by atomic mass is 10.1. The van der Waals surface area contributed by atoms with Crippen molar-refractivity contribution in [2.24, 2.45) is 0 Å². The zero-order chi connectivity index (χ0) is 13.7. The number of carbonyl (C=O) groups excluding carboxylic acids is 1. The summed E-state index contributed by atoms with van der Waals surface area (Å²) in [6, 6.07) is 14.8. The minimum absolute atomic E-state index is 0.111. The van der Waals surface area contributed by atoms with E-state index in [4.69, 9.17) is 4.74 Å². The molecule has 2 rings (SSSR count). The van der Waals surface area contributed by atoms with Crippen LogP contribution in [0.15, 0.2) is 48.5 Å². The fourth-order valence-electron chi connectivity index (χ4n) is 1.80. The van der Waals surface area contributed by atoms with Crippen molar-refractivity contribution in [2.75, 3.05) is 12.4 Å².